The second-order valence-corrected chi connectivity index (χ2v) is 7.33. The van der Waals surface area contributed by atoms with E-state index in [0.29, 0.717) is 47.7 Å². The van der Waals surface area contributed by atoms with Gasteiger partial charge in [0.1, 0.15) is 11.5 Å². The number of methoxy groups -OCH3 is 2. The van der Waals surface area contributed by atoms with Crippen molar-refractivity contribution in [1.82, 2.24) is 0 Å². The minimum Gasteiger partial charge on any atom is -0.507 e. The van der Waals surface area contributed by atoms with Gasteiger partial charge in [0, 0.05) is 17.7 Å². The lowest BCUT2D eigenvalue weighted by atomic mass is 9.92. The van der Waals surface area contributed by atoms with Crippen molar-refractivity contribution in [2.75, 3.05) is 19.5 Å². The molecule has 0 aliphatic rings. The summed E-state index contributed by atoms with van der Waals surface area (Å²) >= 11 is 0. The molecule has 0 radical (unpaired) electrons. The van der Waals surface area contributed by atoms with Crippen molar-refractivity contribution in [2.24, 2.45) is 0 Å². The highest BCUT2D eigenvalue weighted by Gasteiger charge is 2.19. The maximum Gasteiger partial charge on any atom is 0.161 e. The smallest absolute Gasteiger partial charge is 0.161 e. The van der Waals surface area contributed by atoms with Crippen molar-refractivity contribution in [3.63, 3.8) is 0 Å². The summed E-state index contributed by atoms with van der Waals surface area (Å²) in [6.07, 6.45) is 4.83. The summed E-state index contributed by atoms with van der Waals surface area (Å²) in [5.74, 6) is 1.48. The van der Waals surface area contributed by atoms with E-state index in [1.54, 1.807) is 32.4 Å². The van der Waals surface area contributed by atoms with E-state index in [2.05, 4.69) is 18.5 Å². The predicted molar refractivity (Wildman–Crippen MR) is 130 cm³/mol. The van der Waals surface area contributed by atoms with Gasteiger partial charge in [0.2, 0.25) is 0 Å². The number of ether oxygens (including phenoxy) is 2. The number of phenolic OH excluding ortho intramolecular Hbond substituents is 2. The molecule has 32 heavy (non-hydrogen) atoms. The Hall–Kier alpha value is -3.86. The molecule has 3 rings (SSSR count). The van der Waals surface area contributed by atoms with E-state index >= 15 is 0 Å². The molecule has 0 saturated heterocycles. The standard InChI is InChI=1S/C27H29NO4/c1-5-9-19-16-22(21-11-7-8-12-23(21)29)27(30)26(20(19)10-6-2)28-17-18-13-14-24(31-3)25(15-18)32-4/h5-8,11-16,28-30H,1-2,9-10,17H2,3-4H3. The van der Waals surface area contributed by atoms with Gasteiger partial charge in [0.25, 0.3) is 0 Å². The van der Waals surface area contributed by atoms with Gasteiger partial charge in [-0.15, -0.1) is 13.2 Å². The fourth-order valence-corrected chi connectivity index (χ4v) is 3.76. The summed E-state index contributed by atoms with van der Waals surface area (Å²) in [5, 5.41) is 25.0. The number of para-hydroxylation sites is 1. The number of nitrogens with one attached hydrogen (secondary N) is 1. The molecule has 0 amide bonds. The van der Waals surface area contributed by atoms with Gasteiger partial charge in [0.15, 0.2) is 11.5 Å². The number of anilines is 1. The molecule has 0 aliphatic carbocycles. The number of hydrogen-bond donors (Lipinski definition) is 3. The predicted octanol–water partition coefficient (Wildman–Crippen LogP) is 5.85. The second-order valence-electron chi connectivity index (χ2n) is 7.33. The molecule has 3 N–H and O–H groups in total. The van der Waals surface area contributed by atoms with E-state index in [0.717, 1.165) is 16.7 Å². The first kappa shape index (κ1) is 22.8. The Labute approximate surface area is 189 Å². The number of allylic oxidation sites excluding steroid dienone is 2. The fourth-order valence-electron chi connectivity index (χ4n) is 3.76. The number of phenols is 2. The van der Waals surface area contributed by atoms with Crippen molar-refractivity contribution in [2.45, 2.75) is 19.4 Å². The van der Waals surface area contributed by atoms with E-state index in [1.165, 1.54) is 0 Å². The van der Waals surface area contributed by atoms with Crippen molar-refractivity contribution >= 4 is 5.69 Å². The number of rotatable bonds is 10. The number of aromatic hydroxyl groups is 2. The lowest BCUT2D eigenvalue weighted by Gasteiger charge is -2.20. The summed E-state index contributed by atoms with van der Waals surface area (Å²) in [6, 6.07) is 14.6. The van der Waals surface area contributed by atoms with Crippen molar-refractivity contribution in [3.8, 4) is 34.1 Å². The Morgan fingerprint density at radius 1 is 0.875 bits per heavy atom. The van der Waals surface area contributed by atoms with Crippen molar-refractivity contribution in [3.05, 3.63) is 90.5 Å². The summed E-state index contributed by atoms with van der Waals surface area (Å²) in [7, 11) is 3.20. The van der Waals surface area contributed by atoms with Crippen LogP contribution in [0.5, 0.6) is 23.0 Å². The zero-order valence-corrected chi connectivity index (χ0v) is 18.5. The molecule has 0 spiro atoms. The average Bonchev–Trinajstić information content (AvgIpc) is 2.81. The summed E-state index contributed by atoms with van der Waals surface area (Å²) in [6.45, 7) is 8.21. The van der Waals surface area contributed by atoms with Crippen molar-refractivity contribution < 1.29 is 19.7 Å². The Morgan fingerprint density at radius 3 is 2.25 bits per heavy atom. The fraction of sp³-hybridized carbons (Fsp3) is 0.185. The summed E-state index contributed by atoms with van der Waals surface area (Å²) in [4.78, 5) is 0. The van der Waals surface area contributed by atoms with Gasteiger partial charge in [-0.25, -0.2) is 0 Å². The topological polar surface area (TPSA) is 71.0 Å². The molecular weight excluding hydrogens is 402 g/mol. The Kier molecular flexibility index (Phi) is 7.45. The normalized spacial score (nSPS) is 10.4. The van der Waals surface area contributed by atoms with Gasteiger partial charge in [-0.1, -0.05) is 36.4 Å². The van der Waals surface area contributed by atoms with E-state index in [1.807, 2.05) is 42.5 Å². The van der Waals surface area contributed by atoms with Crippen LogP contribution in [0.2, 0.25) is 0 Å². The molecule has 0 unspecified atom stereocenters. The highest BCUT2D eigenvalue weighted by atomic mass is 16.5. The lowest BCUT2D eigenvalue weighted by molar-refractivity contribution is 0.354. The van der Waals surface area contributed by atoms with Crippen LogP contribution < -0.4 is 14.8 Å². The van der Waals surface area contributed by atoms with Crippen LogP contribution in [-0.2, 0) is 19.4 Å². The van der Waals surface area contributed by atoms with Crippen LogP contribution >= 0.6 is 0 Å². The highest BCUT2D eigenvalue weighted by molar-refractivity contribution is 5.84. The van der Waals surface area contributed by atoms with Gasteiger partial charge < -0.3 is 25.0 Å². The molecule has 0 fully saturated rings. The maximum atomic E-state index is 11.2. The molecule has 0 saturated carbocycles. The Bertz CT molecular complexity index is 1120. The third-order valence-electron chi connectivity index (χ3n) is 5.32. The number of benzene rings is 3. The molecule has 166 valence electrons. The van der Waals surface area contributed by atoms with Gasteiger partial charge in [-0.2, -0.15) is 0 Å². The van der Waals surface area contributed by atoms with Gasteiger partial charge >= 0.3 is 0 Å². The molecule has 5 nitrogen and oxygen atoms in total. The SMILES string of the molecule is C=CCc1cc(-c2ccccc2O)c(O)c(NCc2ccc(OC)c(OC)c2)c1CC=C. The van der Waals surface area contributed by atoms with E-state index in [9.17, 15) is 10.2 Å². The van der Waals surface area contributed by atoms with Crippen LogP contribution in [0.15, 0.2) is 73.8 Å². The zero-order chi connectivity index (χ0) is 23.1. The first-order chi connectivity index (χ1) is 15.5. The van der Waals surface area contributed by atoms with Crippen LogP contribution in [0.25, 0.3) is 11.1 Å². The Morgan fingerprint density at radius 2 is 1.59 bits per heavy atom. The second kappa shape index (κ2) is 10.4. The minimum absolute atomic E-state index is 0.0802. The minimum atomic E-state index is 0.0802. The molecule has 5 heteroatoms. The molecule has 0 aromatic heterocycles. The summed E-state index contributed by atoms with van der Waals surface area (Å²) < 4.78 is 10.7. The molecule has 3 aromatic rings. The van der Waals surface area contributed by atoms with Crippen LogP contribution in [0.3, 0.4) is 0 Å². The molecule has 0 heterocycles. The Balaban J connectivity index is 2.09. The first-order valence-electron chi connectivity index (χ1n) is 10.4. The quantitative estimate of drug-likeness (QED) is 0.277. The largest absolute Gasteiger partial charge is 0.507 e. The molecule has 0 atom stereocenters. The molecule has 0 bridgehead atoms. The maximum absolute atomic E-state index is 11.2. The van der Waals surface area contributed by atoms with Crippen LogP contribution in [0.1, 0.15) is 16.7 Å². The molecule has 3 aromatic carbocycles. The molecular formula is C27H29NO4. The third kappa shape index (κ3) is 4.72. The highest BCUT2D eigenvalue weighted by Crippen LogP contribution is 2.43. The van der Waals surface area contributed by atoms with Gasteiger partial charge in [-0.3, -0.25) is 0 Å². The summed E-state index contributed by atoms with van der Waals surface area (Å²) in [5.41, 5.74) is 4.64. The average molecular weight is 432 g/mol. The molecule has 0 aliphatic heterocycles. The van der Waals surface area contributed by atoms with Gasteiger partial charge in [0.05, 0.1) is 19.9 Å². The van der Waals surface area contributed by atoms with Crippen LogP contribution in [0, 0.1) is 0 Å². The van der Waals surface area contributed by atoms with E-state index in [-0.39, 0.29) is 11.5 Å². The third-order valence-corrected chi connectivity index (χ3v) is 5.32. The number of hydrogen-bond acceptors (Lipinski definition) is 5. The monoisotopic (exact) mass is 431 g/mol. The van der Waals surface area contributed by atoms with E-state index in [4.69, 9.17) is 9.47 Å². The van der Waals surface area contributed by atoms with Crippen LogP contribution in [0.4, 0.5) is 5.69 Å². The van der Waals surface area contributed by atoms with Crippen molar-refractivity contribution in [1.29, 1.82) is 0 Å². The van der Waals surface area contributed by atoms with Crippen LogP contribution in [-0.4, -0.2) is 24.4 Å². The van der Waals surface area contributed by atoms with E-state index < -0.39 is 0 Å². The van der Waals surface area contributed by atoms with Gasteiger partial charge in [-0.05, 0) is 53.8 Å². The zero-order valence-electron chi connectivity index (χ0n) is 18.5. The first-order valence-corrected chi connectivity index (χ1v) is 10.4. The lowest BCUT2D eigenvalue weighted by Crippen LogP contribution is -2.06.